The first-order valence-electron chi connectivity index (χ1n) is 5.74. The predicted molar refractivity (Wildman–Crippen MR) is 71.9 cm³/mol. The number of ether oxygens (including phenoxy) is 1. The van der Waals surface area contributed by atoms with Crippen molar-refractivity contribution in [2.45, 2.75) is 5.41 Å². The van der Waals surface area contributed by atoms with Crippen LogP contribution < -0.4 is 0 Å². The SMILES string of the molecule is O=C(O)C1(c2ncc(-c3ccc(Br)cc3)[nH]2)COC1. The van der Waals surface area contributed by atoms with E-state index in [4.69, 9.17) is 4.74 Å². The van der Waals surface area contributed by atoms with Gasteiger partial charge in [0.1, 0.15) is 5.82 Å². The molecule has 1 fully saturated rings. The lowest BCUT2D eigenvalue weighted by molar-refractivity contribution is -0.163. The summed E-state index contributed by atoms with van der Waals surface area (Å²) in [6.07, 6.45) is 1.65. The average molecular weight is 323 g/mol. The van der Waals surface area contributed by atoms with E-state index in [2.05, 4.69) is 25.9 Å². The van der Waals surface area contributed by atoms with Crippen LogP contribution >= 0.6 is 15.9 Å². The van der Waals surface area contributed by atoms with Gasteiger partial charge in [-0.2, -0.15) is 0 Å². The molecule has 0 atom stereocenters. The van der Waals surface area contributed by atoms with E-state index in [1.54, 1.807) is 6.20 Å². The maximum atomic E-state index is 11.3. The number of nitrogens with zero attached hydrogens (tertiary/aromatic N) is 1. The second-order valence-corrected chi connectivity index (χ2v) is 5.45. The van der Waals surface area contributed by atoms with Crippen molar-refractivity contribution in [1.82, 2.24) is 9.97 Å². The van der Waals surface area contributed by atoms with Crippen molar-refractivity contribution in [3.63, 3.8) is 0 Å². The number of imidazole rings is 1. The molecule has 2 heterocycles. The van der Waals surface area contributed by atoms with E-state index in [9.17, 15) is 9.90 Å². The normalized spacial score (nSPS) is 16.9. The van der Waals surface area contributed by atoms with Crippen LogP contribution in [-0.2, 0) is 14.9 Å². The quantitative estimate of drug-likeness (QED) is 0.908. The molecule has 98 valence electrons. The molecule has 0 bridgehead atoms. The van der Waals surface area contributed by atoms with Gasteiger partial charge in [0.15, 0.2) is 5.41 Å². The number of rotatable bonds is 3. The molecule has 6 heteroatoms. The largest absolute Gasteiger partial charge is 0.480 e. The van der Waals surface area contributed by atoms with Crippen molar-refractivity contribution in [2.24, 2.45) is 0 Å². The van der Waals surface area contributed by atoms with E-state index < -0.39 is 11.4 Å². The summed E-state index contributed by atoms with van der Waals surface area (Å²) in [7, 11) is 0. The first-order chi connectivity index (χ1) is 9.12. The number of aliphatic carboxylic acids is 1. The zero-order chi connectivity index (χ0) is 13.5. The van der Waals surface area contributed by atoms with Gasteiger partial charge in [-0.05, 0) is 17.7 Å². The Morgan fingerprint density at radius 3 is 2.58 bits per heavy atom. The van der Waals surface area contributed by atoms with Crippen molar-refractivity contribution >= 4 is 21.9 Å². The summed E-state index contributed by atoms with van der Waals surface area (Å²) in [5, 5.41) is 9.31. The van der Waals surface area contributed by atoms with Crippen LogP contribution in [0.4, 0.5) is 0 Å². The van der Waals surface area contributed by atoms with Crippen LogP contribution in [0.2, 0.25) is 0 Å². The number of aromatic amines is 1. The number of halogens is 1. The fraction of sp³-hybridized carbons (Fsp3) is 0.231. The molecule has 2 aromatic rings. The molecule has 1 aromatic heterocycles. The van der Waals surface area contributed by atoms with E-state index in [0.717, 1.165) is 15.7 Å². The highest BCUT2D eigenvalue weighted by Crippen LogP contribution is 2.32. The highest BCUT2D eigenvalue weighted by molar-refractivity contribution is 9.10. The smallest absolute Gasteiger partial charge is 0.322 e. The molecular weight excluding hydrogens is 312 g/mol. The zero-order valence-electron chi connectivity index (χ0n) is 9.89. The van der Waals surface area contributed by atoms with Crippen LogP contribution in [0.1, 0.15) is 5.82 Å². The molecule has 0 saturated carbocycles. The number of carbonyl (C=O) groups is 1. The maximum absolute atomic E-state index is 11.3. The molecule has 1 aliphatic heterocycles. The molecule has 19 heavy (non-hydrogen) atoms. The number of benzene rings is 1. The minimum Gasteiger partial charge on any atom is -0.480 e. The number of nitrogens with one attached hydrogen (secondary N) is 1. The standard InChI is InChI=1S/C13H11BrN2O3/c14-9-3-1-8(2-4-9)10-5-15-11(16-10)13(12(17)18)6-19-7-13/h1-5H,6-7H2,(H,15,16)(H,17,18). The van der Waals surface area contributed by atoms with E-state index in [1.165, 1.54) is 0 Å². The summed E-state index contributed by atoms with van der Waals surface area (Å²) >= 11 is 3.37. The molecule has 0 unspecified atom stereocenters. The van der Waals surface area contributed by atoms with Crippen molar-refractivity contribution < 1.29 is 14.6 Å². The number of aromatic nitrogens is 2. The van der Waals surface area contributed by atoms with Crippen LogP contribution in [0, 0.1) is 0 Å². The van der Waals surface area contributed by atoms with Gasteiger partial charge in [-0.3, -0.25) is 4.79 Å². The van der Waals surface area contributed by atoms with Gasteiger partial charge in [0, 0.05) is 4.47 Å². The Bertz CT molecular complexity index is 617. The Morgan fingerprint density at radius 1 is 1.37 bits per heavy atom. The predicted octanol–water partition coefficient (Wildman–Crippen LogP) is 2.19. The van der Waals surface area contributed by atoms with Crippen molar-refractivity contribution in [3.05, 3.63) is 40.8 Å². The number of hydrogen-bond acceptors (Lipinski definition) is 3. The fourth-order valence-electron chi connectivity index (χ4n) is 2.01. The van der Waals surface area contributed by atoms with Gasteiger partial charge in [-0.25, -0.2) is 4.98 Å². The van der Waals surface area contributed by atoms with Crippen molar-refractivity contribution in [2.75, 3.05) is 13.2 Å². The number of carboxylic acids is 1. The number of hydrogen-bond donors (Lipinski definition) is 2. The topological polar surface area (TPSA) is 75.2 Å². The van der Waals surface area contributed by atoms with Gasteiger partial charge in [0.05, 0.1) is 25.1 Å². The molecule has 0 amide bonds. The molecule has 0 aliphatic carbocycles. The molecule has 2 N–H and O–H groups in total. The third-order valence-electron chi connectivity index (χ3n) is 3.29. The molecule has 5 nitrogen and oxygen atoms in total. The highest BCUT2D eigenvalue weighted by Gasteiger charge is 2.50. The Hall–Kier alpha value is -1.66. The Balaban J connectivity index is 1.95. The van der Waals surface area contributed by atoms with Gasteiger partial charge in [0.25, 0.3) is 0 Å². The van der Waals surface area contributed by atoms with Crippen LogP contribution in [-0.4, -0.2) is 34.3 Å². The second-order valence-electron chi connectivity index (χ2n) is 4.53. The second kappa shape index (κ2) is 4.47. The van der Waals surface area contributed by atoms with Gasteiger partial charge in [-0.15, -0.1) is 0 Å². The van der Waals surface area contributed by atoms with Crippen LogP contribution in [0.3, 0.4) is 0 Å². The highest BCUT2D eigenvalue weighted by atomic mass is 79.9. The molecule has 1 saturated heterocycles. The number of H-pyrrole nitrogens is 1. The van der Waals surface area contributed by atoms with Gasteiger partial charge < -0.3 is 14.8 Å². The van der Waals surface area contributed by atoms with Gasteiger partial charge >= 0.3 is 5.97 Å². The van der Waals surface area contributed by atoms with E-state index in [0.29, 0.717) is 5.82 Å². The molecule has 1 aromatic carbocycles. The summed E-state index contributed by atoms with van der Waals surface area (Å²) in [5.74, 6) is -0.459. The third kappa shape index (κ3) is 1.97. The van der Waals surface area contributed by atoms with Crippen LogP contribution in [0.25, 0.3) is 11.3 Å². The lowest BCUT2D eigenvalue weighted by Crippen LogP contribution is -2.53. The lowest BCUT2D eigenvalue weighted by atomic mass is 9.85. The average Bonchev–Trinajstić information content (AvgIpc) is 2.77. The first-order valence-corrected chi connectivity index (χ1v) is 6.54. The lowest BCUT2D eigenvalue weighted by Gasteiger charge is -2.35. The third-order valence-corrected chi connectivity index (χ3v) is 3.82. The van der Waals surface area contributed by atoms with Crippen molar-refractivity contribution in [3.8, 4) is 11.3 Å². The van der Waals surface area contributed by atoms with Crippen LogP contribution in [0.15, 0.2) is 34.9 Å². The zero-order valence-corrected chi connectivity index (χ0v) is 11.5. The molecule has 3 rings (SSSR count). The Labute approximate surface area is 117 Å². The summed E-state index contributed by atoms with van der Waals surface area (Å²) in [5.41, 5.74) is 0.742. The summed E-state index contributed by atoms with van der Waals surface area (Å²) in [4.78, 5) is 18.6. The van der Waals surface area contributed by atoms with Crippen LogP contribution in [0.5, 0.6) is 0 Å². The van der Waals surface area contributed by atoms with Gasteiger partial charge in [-0.1, -0.05) is 28.1 Å². The summed E-state index contributed by atoms with van der Waals surface area (Å²) in [6.45, 7) is 0.325. The summed E-state index contributed by atoms with van der Waals surface area (Å²) in [6, 6.07) is 7.72. The monoisotopic (exact) mass is 322 g/mol. The number of carboxylic acid groups (broad SMARTS) is 1. The van der Waals surface area contributed by atoms with E-state index in [-0.39, 0.29) is 13.2 Å². The first kappa shape index (κ1) is 12.4. The molecule has 0 radical (unpaired) electrons. The van der Waals surface area contributed by atoms with E-state index >= 15 is 0 Å². The summed E-state index contributed by atoms with van der Waals surface area (Å²) < 4.78 is 6.03. The molecule has 0 spiro atoms. The minimum atomic E-state index is -1.02. The molecule has 1 aliphatic rings. The Morgan fingerprint density at radius 2 is 2.05 bits per heavy atom. The van der Waals surface area contributed by atoms with Gasteiger partial charge in [0.2, 0.25) is 0 Å². The van der Waals surface area contributed by atoms with E-state index in [1.807, 2.05) is 24.3 Å². The minimum absolute atomic E-state index is 0.162. The van der Waals surface area contributed by atoms with Crippen molar-refractivity contribution in [1.29, 1.82) is 0 Å². The fourth-order valence-corrected chi connectivity index (χ4v) is 2.27. The molecular formula is C13H11BrN2O3. The maximum Gasteiger partial charge on any atom is 0.322 e. The Kier molecular flexibility index (Phi) is 2.91.